The lowest BCUT2D eigenvalue weighted by Crippen LogP contribution is -2.46. The molecule has 4 rings (SSSR count). The minimum Gasteiger partial charge on any atom is -0.382 e. The number of nitrogens with one attached hydrogen (secondary N) is 2. The third-order valence-corrected chi connectivity index (χ3v) is 6.90. The lowest BCUT2D eigenvalue weighted by Gasteiger charge is -2.16. The van der Waals surface area contributed by atoms with Crippen LogP contribution in [0.5, 0.6) is 0 Å². The molecule has 1 aromatic carbocycles. The van der Waals surface area contributed by atoms with Crippen molar-refractivity contribution in [3.8, 4) is 17.3 Å². The van der Waals surface area contributed by atoms with Gasteiger partial charge in [-0.25, -0.2) is 4.98 Å². The summed E-state index contributed by atoms with van der Waals surface area (Å²) in [6.07, 6.45) is 9.82. The molecule has 10 heteroatoms. The number of anilines is 1. The number of ether oxygens (including phenoxy) is 1. The number of benzene rings is 1. The number of hydrogen-bond acceptors (Lipinski definition) is 7. The van der Waals surface area contributed by atoms with Gasteiger partial charge in [-0.15, -0.1) is 11.3 Å². The summed E-state index contributed by atoms with van der Waals surface area (Å²) in [4.78, 5) is 42.3. The van der Waals surface area contributed by atoms with Gasteiger partial charge in [0.05, 0.1) is 23.9 Å². The summed E-state index contributed by atoms with van der Waals surface area (Å²) in [5.41, 5.74) is 2.59. The van der Waals surface area contributed by atoms with Crippen molar-refractivity contribution in [3.05, 3.63) is 64.8 Å². The maximum absolute atomic E-state index is 13.0. The van der Waals surface area contributed by atoms with E-state index in [4.69, 9.17) is 4.74 Å². The first-order valence-electron chi connectivity index (χ1n) is 13.2. The highest BCUT2D eigenvalue weighted by Gasteiger charge is 2.45. The number of Topliss-reactive ketones (excluding diaryl/α,β-unsaturated/α-hetero) is 1. The Kier molecular flexibility index (Phi) is 10.5. The highest BCUT2D eigenvalue weighted by molar-refractivity contribution is 7.14. The Morgan fingerprint density at radius 3 is 2.60 bits per heavy atom. The predicted molar refractivity (Wildman–Crippen MR) is 157 cm³/mol. The van der Waals surface area contributed by atoms with Gasteiger partial charge in [0.25, 0.3) is 11.8 Å². The molecule has 0 bridgehead atoms. The van der Waals surface area contributed by atoms with Crippen molar-refractivity contribution in [2.75, 3.05) is 19.0 Å². The lowest BCUT2D eigenvalue weighted by molar-refractivity contribution is -0.119. The quantitative estimate of drug-likeness (QED) is 0.308. The molecule has 0 spiro atoms. The van der Waals surface area contributed by atoms with E-state index in [0.29, 0.717) is 22.0 Å². The maximum atomic E-state index is 13.0. The summed E-state index contributed by atoms with van der Waals surface area (Å²) in [5.74, 6) is -0.964. The number of thiazole rings is 1. The molecule has 2 heterocycles. The Balaban J connectivity index is 0.00000141. The van der Waals surface area contributed by atoms with E-state index in [0.717, 1.165) is 24.0 Å². The van der Waals surface area contributed by atoms with Gasteiger partial charge in [-0.05, 0) is 44.4 Å². The van der Waals surface area contributed by atoms with Crippen LogP contribution in [-0.2, 0) is 15.1 Å². The molecular weight excluding hydrogens is 526 g/mol. The largest absolute Gasteiger partial charge is 0.382 e. The summed E-state index contributed by atoms with van der Waals surface area (Å²) < 4.78 is 6.89. The molecule has 2 N–H and O–H groups in total. The summed E-state index contributed by atoms with van der Waals surface area (Å²) in [7, 11) is 1.44. The molecule has 0 saturated heterocycles. The molecule has 9 nitrogen and oxygen atoms in total. The normalized spacial score (nSPS) is 14.0. The van der Waals surface area contributed by atoms with Gasteiger partial charge in [-0.2, -0.15) is 5.26 Å². The highest BCUT2D eigenvalue weighted by Crippen LogP contribution is 2.42. The Morgan fingerprint density at radius 2 is 2.00 bits per heavy atom. The standard InChI is InChI=1S/C27H27N5O4S.C3H8/c1-4-5-18-6-7-19(12-21(18)17(2)33)23-15-37-26(30-23)31-25(35)22(14-36-3)29-24(34)20-8-11-32(13-20)27(16-28)9-10-27;1-3-2/h4-8,11-13,15,22H,9-10,14H2,1-3H3,(H,29,34)(H,30,31,35);3H2,1-2H3/b5-4-;. The summed E-state index contributed by atoms with van der Waals surface area (Å²) in [6, 6.07) is 8.48. The maximum Gasteiger partial charge on any atom is 0.253 e. The monoisotopic (exact) mass is 561 g/mol. The first-order valence-corrected chi connectivity index (χ1v) is 14.0. The highest BCUT2D eigenvalue weighted by atomic mass is 32.1. The zero-order chi connectivity index (χ0) is 29.3. The number of hydrogen-bond donors (Lipinski definition) is 2. The van der Waals surface area contributed by atoms with Crippen LogP contribution in [0.1, 0.15) is 73.2 Å². The topological polar surface area (TPSA) is 126 Å². The number of carbonyl (C=O) groups is 3. The van der Waals surface area contributed by atoms with Crippen LogP contribution in [0, 0.1) is 11.3 Å². The molecular formula is C30H35N5O4S. The van der Waals surface area contributed by atoms with Crippen LogP contribution in [-0.4, -0.2) is 46.9 Å². The second-order valence-electron chi connectivity index (χ2n) is 9.52. The van der Waals surface area contributed by atoms with Crippen LogP contribution in [0.3, 0.4) is 0 Å². The second-order valence-corrected chi connectivity index (χ2v) is 10.4. The summed E-state index contributed by atoms with van der Waals surface area (Å²) >= 11 is 1.24. The predicted octanol–water partition coefficient (Wildman–Crippen LogP) is 5.66. The van der Waals surface area contributed by atoms with Crippen LogP contribution < -0.4 is 10.6 Å². The molecule has 1 atom stereocenters. The lowest BCUT2D eigenvalue weighted by atomic mass is 9.99. The molecule has 0 radical (unpaired) electrons. The molecule has 1 aliphatic rings. The van der Waals surface area contributed by atoms with Crippen molar-refractivity contribution < 1.29 is 19.1 Å². The van der Waals surface area contributed by atoms with Crippen molar-refractivity contribution in [2.24, 2.45) is 0 Å². The second kappa shape index (κ2) is 13.8. The fourth-order valence-electron chi connectivity index (χ4n) is 3.94. The average molecular weight is 562 g/mol. The minimum absolute atomic E-state index is 0.0347. The van der Waals surface area contributed by atoms with Gasteiger partial charge in [0.1, 0.15) is 11.6 Å². The Hall–Kier alpha value is -4.07. The van der Waals surface area contributed by atoms with Crippen molar-refractivity contribution in [2.45, 2.75) is 58.5 Å². The van der Waals surface area contributed by atoms with E-state index >= 15 is 0 Å². The number of aromatic nitrogens is 2. The van der Waals surface area contributed by atoms with E-state index in [1.54, 1.807) is 34.5 Å². The van der Waals surface area contributed by atoms with E-state index in [1.165, 1.54) is 31.8 Å². The number of rotatable bonds is 10. The third-order valence-electron chi connectivity index (χ3n) is 6.15. The van der Waals surface area contributed by atoms with Gasteiger partial charge in [0, 0.05) is 36.0 Å². The van der Waals surface area contributed by atoms with Crippen molar-refractivity contribution in [1.82, 2.24) is 14.9 Å². The minimum atomic E-state index is -0.955. The summed E-state index contributed by atoms with van der Waals surface area (Å²) in [5, 5.41) is 16.9. The Morgan fingerprint density at radius 1 is 1.27 bits per heavy atom. The molecule has 3 aromatic rings. The number of amides is 2. The summed E-state index contributed by atoms with van der Waals surface area (Å²) in [6.45, 7) is 7.62. The Labute approximate surface area is 238 Å². The third kappa shape index (κ3) is 7.31. The van der Waals surface area contributed by atoms with Crippen LogP contribution >= 0.6 is 11.3 Å². The van der Waals surface area contributed by atoms with E-state index < -0.39 is 23.4 Å². The van der Waals surface area contributed by atoms with Crippen LogP contribution in [0.4, 0.5) is 5.13 Å². The SMILES string of the molecule is C/C=C\c1ccc(-c2csc(NC(=O)C(COC)NC(=O)c3ccn(C4(C#N)CC4)c3)n2)cc1C(C)=O.CCC. The first-order chi connectivity index (χ1) is 19.2. The van der Waals surface area contributed by atoms with Crippen molar-refractivity contribution in [1.29, 1.82) is 5.26 Å². The molecule has 1 aliphatic carbocycles. The van der Waals surface area contributed by atoms with E-state index in [9.17, 15) is 19.6 Å². The molecule has 1 unspecified atom stereocenters. The number of nitriles is 1. The molecule has 2 amide bonds. The fraction of sp³-hybridized carbons (Fsp3) is 0.367. The number of allylic oxidation sites excluding steroid dienone is 1. The molecule has 1 fully saturated rings. The zero-order valence-electron chi connectivity index (χ0n) is 23.5. The number of methoxy groups -OCH3 is 1. The van der Waals surface area contributed by atoms with Gasteiger partial charge in [-0.1, -0.05) is 44.6 Å². The molecule has 2 aromatic heterocycles. The van der Waals surface area contributed by atoms with Crippen LogP contribution in [0.2, 0.25) is 0 Å². The van der Waals surface area contributed by atoms with Gasteiger partial charge in [0.2, 0.25) is 0 Å². The van der Waals surface area contributed by atoms with Crippen molar-refractivity contribution >= 4 is 40.1 Å². The van der Waals surface area contributed by atoms with E-state index in [2.05, 4.69) is 35.5 Å². The van der Waals surface area contributed by atoms with E-state index in [-0.39, 0.29) is 12.4 Å². The number of ketones is 1. The molecule has 0 aliphatic heterocycles. The molecule has 210 valence electrons. The fourth-order valence-corrected chi connectivity index (χ4v) is 4.66. The smallest absolute Gasteiger partial charge is 0.253 e. The zero-order valence-corrected chi connectivity index (χ0v) is 24.3. The van der Waals surface area contributed by atoms with E-state index in [1.807, 2.05) is 31.2 Å². The molecule has 1 saturated carbocycles. The van der Waals surface area contributed by atoms with Crippen LogP contribution in [0.25, 0.3) is 17.3 Å². The average Bonchev–Trinajstić information content (AvgIpc) is 3.32. The van der Waals surface area contributed by atoms with Gasteiger partial charge < -0.3 is 19.9 Å². The number of nitrogens with zero attached hydrogens (tertiary/aromatic N) is 3. The van der Waals surface area contributed by atoms with Crippen molar-refractivity contribution in [3.63, 3.8) is 0 Å². The van der Waals surface area contributed by atoms with Gasteiger partial charge >= 0.3 is 0 Å². The van der Waals surface area contributed by atoms with Crippen LogP contribution in [0.15, 0.2) is 48.1 Å². The van der Waals surface area contributed by atoms with Gasteiger partial charge in [0.15, 0.2) is 10.9 Å². The van der Waals surface area contributed by atoms with Gasteiger partial charge in [-0.3, -0.25) is 14.4 Å². The number of carbonyl (C=O) groups excluding carboxylic acids is 3. The Bertz CT molecular complexity index is 1430. The molecule has 40 heavy (non-hydrogen) atoms. The first kappa shape index (κ1) is 30.5.